The number of carbonyl (C=O) groups excluding carboxylic acids is 1. The predicted octanol–water partition coefficient (Wildman–Crippen LogP) is 1.39. The van der Waals surface area contributed by atoms with Gasteiger partial charge in [0.15, 0.2) is 0 Å². The van der Waals surface area contributed by atoms with Gasteiger partial charge in [-0.15, -0.1) is 0 Å². The van der Waals surface area contributed by atoms with Gasteiger partial charge in [-0.3, -0.25) is 4.79 Å². The second-order valence-electron chi connectivity index (χ2n) is 3.62. The van der Waals surface area contributed by atoms with Crippen molar-refractivity contribution in [2.75, 3.05) is 17.2 Å². The standard InChI is InChI=1S/C10H13N3O/c1-6-3-4-11-9-8(6)13-10(14)7(2)5-12-9/h3-4,7H,5H2,1-2H3,(H,11,12)(H,13,14). The summed E-state index contributed by atoms with van der Waals surface area (Å²) in [6, 6.07) is 1.89. The van der Waals surface area contributed by atoms with Gasteiger partial charge in [-0.05, 0) is 18.6 Å². The number of amides is 1. The molecule has 0 saturated heterocycles. The number of hydrogen-bond donors (Lipinski definition) is 2. The van der Waals surface area contributed by atoms with E-state index in [0.717, 1.165) is 17.1 Å². The summed E-state index contributed by atoms with van der Waals surface area (Å²) in [6.45, 7) is 4.48. The van der Waals surface area contributed by atoms with Crippen LogP contribution in [-0.4, -0.2) is 17.4 Å². The first kappa shape index (κ1) is 8.99. The van der Waals surface area contributed by atoms with Crippen molar-refractivity contribution in [3.05, 3.63) is 17.8 Å². The number of aryl methyl sites for hydroxylation is 1. The zero-order chi connectivity index (χ0) is 10.1. The van der Waals surface area contributed by atoms with Crippen molar-refractivity contribution in [3.8, 4) is 0 Å². The highest BCUT2D eigenvalue weighted by Gasteiger charge is 2.20. The van der Waals surface area contributed by atoms with E-state index in [0.29, 0.717) is 6.54 Å². The summed E-state index contributed by atoms with van der Waals surface area (Å²) in [6.07, 6.45) is 1.74. The SMILES string of the molecule is Cc1ccnc2c1NC(=O)C(C)CN2. The largest absolute Gasteiger partial charge is 0.368 e. The number of rotatable bonds is 0. The molecule has 1 unspecified atom stereocenters. The molecule has 0 spiro atoms. The van der Waals surface area contributed by atoms with Crippen LogP contribution in [0.1, 0.15) is 12.5 Å². The van der Waals surface area contributed by atoms with Gasteiger partial charge in [-0.2, -0.15) is 0 Å². The highest BCUT2D eigenvalue weighted by atomic mass is 16.1. The van der Waals surface area contributed by atoms with Gasteiger partial charge in [0.25, 0.3) is 0 Å². The zero-order valence-corrected chi connectivity index (χ0v) is 8.29. The van der Waals surface area contributed by atoms with Gasteiger partial charge in [0.2, 0.25) is 5.91 Å². The molecule has 4 heteroatoms. The normalized spacial score (nSPS) is 20.4. The minimum absolute atomic E-state index is 0.0244. The van der Waals surface area contributed by atoms with E-state index >= 15 is 0 Å². The lowest BCUT2D eigenvalue weighted by Crippen LogP contribution is -2.22. The maximum Gasteiger partial charge on any atom is 0.229 e. The maximum atomic E-state index is 11.6. The molecule has 2 N–H and O–H groups in total. The molecule has 1 aromatic heterocycles. The van der Waals surface area contributed by atoms with Gasteiger partial charge < -0.3 is 10.6 Å². The third-order valence-corrected chi connectivity index (χ3v) is 2.43. The first-order chi connectivity index (χ1) is 6.68. The molecule has 1 atom stereocenters. The minimum Gasteiger partial charge on any atom is -0.368 e. The van der Waals surface area contributed by atoms with Crippen molar-refractivity contribution in [2.24, 2.45) is 5.92 Å². The van der Waals surface area contributed by atoms with E-state index in [2.05, 4.69) is 15.6 Å². The van der Waals surface area contributed by atoms with Crippen LogP contribution in [0.4, 0.5) is 11.5 Å². The monoisotopic (exact) mass is 191 g/mol. The van der Waals surface area contributed by atoms with Gasteiger partial charge in [0.05, 0.1) is 11.6 Å². The molecule has 0 aromatic carbocycles. The smallest absolute Gasteiger partial charge is 0.229 e. The molecule has 1 amide bonds. The molecule has 2 heterocycles. The van der Waals surface area contributed by atoms with Crippen LogP contribution in [0.3, 0.4) is 0 Å². The molecule has 2 rings (SSSR count). The Labute approximate surface area is 82.7 Å². The van der Waals surface area contributed by atoms with Crippen molar-refractivity contribution >= 4 is 17.4 Å². The second-order valence-corrected chi connectivity index (χ2v) is 3.62. The van der Waals surface area contributed by atoms with Crippen molar-refractivity contribution in [2.45, 2.75) is 13.8 Å². The molecule has 0 saturated carbocycles. The van der Waals surface area contributed by atoms with Crippen LogP contribution in [-0.2, 0) is 4.79 Å². The molecule has 0 aliphatic carbocycles. The van der Waals surface area contributed by atoms with Crippen molar-refractivity contribution in [1.29, 1.82) is 0 Å². The lowest BCUT2D eigenvalue weighted by molar-refractivity contribution is -0.118. The Morgan fingerprint density at radius 3 is 3.14 bits per heavy atom. The summed E-state index contributed by atoms with van der Waals surface area (Å²) >= 11 is 0. The van der Waals surface area contributed by atoms with Crippen LogP contribution in [0, 0.1) is 12.8 Å². The number of pyridine rings is 1. The summed E-state index contributed by atoms with van der Waals surface area (Å²) < 4.78 is 0. The number of aromatic nitrogens is 1. The molecule has 1 aliphatic rings. The van der Waals surface area contributed by atoms with Crippen molar-refractivity contribution < 1.29 is 4.79 Å². The van der Waals surface area contributed by atoms with Crippen LogP contribution in [0.25, 0.3) is 0 Å². The Morgan fingerprint density at radius 2 is 2.36 bits per heavy atom. The summed E-state index contributed by atoms with van der Waals surface area (Å²) in [4.78, 5) is 15.7. The van der Waals surface area contributed by atoms with Crippen LogP contribution >= 0.6 is 0 Å². The highest BCUT2D eigenvalue weighted by molar-refractivity contribution is 5.97. The van der Waals surface area contributed by atoms with E-state index in [4.69, 9.17) is 0 Å². The van der Waals surface area contributed by atoms with E-state index in [-0.39, 0.29) is 11.8 Å². The lowest BCUT2D eigenvalue weighted by Gasteiger charge is -2.08. The molecule has 4 nitrogen and oxygen atoms in total. The Morgan fingerprint density at radius 1 is 1.57 bits per heavy atom. The van der Waals surface area contributed by atoms with Crippen LogP contribution in [0.2, 0.25) is 0 Å². The average Bonchev–Trinajstić information content (AvgIpc) is 2.30. The van der Waals surface area contributed by atoms with Crippen molar-refractivity contribution in [3.63, 3.8) is 0 Å². The van der Waals surface area contributed by atoms with Gasteiger partial charge in [0.1, 0.15) is 5.82 Å². The van der Waals surface area contributed by atoms with E-state index in [1.54, 1.807) is 6.20 Å². The molecule has 1 aromatic rings. The molecule has 14 heavy (non-hydrogen) atoms. The highest BCUT2D eigenvalue weighted by Crippen LogP contribution is 2.25. The number of fused-ring (bicyclic) bond motifs is 1. The number of hydrogen-bond acceptors (Lipinski definition) is 3. The van der Waals surface area contributed by atoms with Gasteiger partial charge >= 0.3 is 0 Å². The molecule has 74 valence electrons. The van der Waals surface area contributed by atoms with Gasteiger partial charge in [0, 0.05) is 12.7 Å². The minimum atomic E-state index is -0.0244. The van der Waals surface area contributed by atoms with Crippen LogP contribution in [0.15, 0.2) is 12.3 Å². The fourth-order valence-electron chi connectivity index (χ4n) is 1.44. The van der Waals surface area contributed by atoms with E-state index < -0.39 is 0 Å². The Kier molecular flexibility index (Phi) is 2.11. The third-order valence-electron chi connectivity index (χ3n) is 2.43. The summed E-state index contributed by atoms with van der Waals surface area (Å²) in [5.41, 5.74) is 1.84. The molecule has 0 bridgehead atoms. The number of anilines is 2. The second kappa shape index (κ2) is 3.29. The van der Waals surface area contributed by atoms with Gasteiger partial charge in [-0.25, -0.2) is 4.98 Å². The predicted molar refractivity (Wildman–Crippen MR) is 55.3 cm³/mol. The zero-order valence-electron chi connectivity index (χ0n) is 8.29. The topological polar surface area (TPSA) is 54.0 Å². The van der Waals surface area contributed by atoms with Crippen molar-refractivity contribution in [1.82, 2.24) is 4.98 Å². The summed E-state index contributed by atoms with van der Waals surface area (Å²) in [7, 11) is 0. The first-order valence-corrected chi connectivity index (χ1v) is 4.69. The lowest BCUT2D eigenvalue weighted by atomic mass is 10.2. The van der Waals surface area contributed by atoms with Gasteiger partial charge in [-0.1, -0.05) is 6.92 Å². The molecule has 1 aliphatic heterocycles. The summed E-state index contributed by atoms with van der Waals surface area (Å²) in [5.74, 6) is 0.790. The fourth-order valence-corrected chi connectivity index (χ4v) is 1.44. The molecule has 0 radical (unpaired) electrons. The van der Waals surface area contributed by atoms with Crippen LogP contribution in [0.5, 0.6) is 0 Å². The fraction of sp³-hybridized carbons (Fsp3) is 0.400. The van der Waals surface area contributed by atoms with E-state index in [1.165, 1.54) is 0 Å². The van der Waals surface area contributed by atoms with E-state index in [9.17, 15) is 4.79 Å². The molecular weight excluding hydrogens is 178 g/mol. The quantitative estimate of drug-likeness (QED) is 0.651. The third kappa shape index (κ3) is 1.43. The Hall–Kier alpha value is -1.58. The summed E-state index contributed by atoms with van der Waals surface area (Å²) in [5, 5.41) is 6.03. The molecule has 0 fully saturated rings. The van der Waals surface area contributed by atoms with Crippen LogP contribution < -0.4 is 10.6 Å². The maximum absolute atomic E-state index is 11.6. The Bertz CT molecular complexity index is 376. The molecular formula is C10H13N3O. The van der Waals surface area contributed by atoms with E-state index in [1.807, 2.05) is 19.9 Å². The Balaban J connectivity index is 2.43. The number of nitrogens with one attached hydrogen (secondary N) is 2. The number of nitrogens with zero attached hydrogens (tertiary/aromatic N) is 1. The first-order valence-electron chi connectivity index (χ1n) is 4.69. The number of carbonyl (C=O) groups is 1. The average molecular weight is 191 g/mol.